The number of rotatable bonds is 4. The number of likely N-dealkylation sites (tertiary alicyclic amines) is 1. The fourth-order valence-electron chi connectivity index (χ4n) is 3.53. The minimum Gasteiger partial charge on any atom is -0.490 e. The highest BCUT2D eigenvalue weighted by atomic mass is 16.5. The predicted octanol–water partition coefficient (Wildman–Crippen LogP) is 3.63. The van der Waals surface area contributed by atoms with Crippen LogP contribution in [0, 0.1) is 0 Å². The third kappa shape index (κ3) is 3.24. The van der Waals surface area contributed by atoms with E-state index in [2.05, 4.69) is 11.0 Å². The lowest BCUT2D eigenvalue weighted by atomic mass is 10.1. The molecule has 1 heterocycles. The van der Waals surface area contributed by atoms with Crippen LogP contribution in [-0.2, 0) is 4.74 Å². The number of methoxy groups -OCH3 is 1. The van der Waals surface area contributed by atoms with Crippen molar-refractivity contribution in [2.45, 2.75) is 37.8 Å². The fourth-order valence-corrected chi connectivity index (χ4v) is 3.53. The quantitative estimate of drug-likeness (QED) is 0.805. The number of fused-ring (bicyclic) bond motifs is 1. The molecule has 1 saturated heterocycles. The Bertz CT molecular complexity index is 746. The first-order chi connectivity index (χ1) is 11.7. The molecule has 24 heavy (non-hydrogen) atoms. The van der Waals surface area contributed by atoms with E-state index < -0.39 is 0 Å². The normalized spacial score (nSPS) is 19.4. The summed E-state index contributed by atoms with van der Waals surface area (Å²) in [6.45, 7) is 2.32. The summed E-state index contributed by atoms with van der Waals surface area (Å²) in [7, 11) is 1.40. The van der Waals surface area contributed by atoms with Crippen LogP contribution in [-0.4, -0.2) is 43.2 Å². The molecule has 1 aliphatic carbocycles. The molecular formula is C20H23NO3. The van der Waals surface area contributed by atoms with Crippen molar-refractivity contribution in [2.75, 3.05) is 20.2 Å². The van der Waals surface area contributed by atoms with Crippen LogP contribution < -0.4 is 4.74 Å². The zero-order valence-electron chi connectivity index (χ0n) is 14.0. The topological polar surface area (TPSA) is 38.8 Å². The largest absolute Gasteiger partial charge is 0.490 e. The molecule has 2 fully saturated rings. The van der Waals surface area contributed by atoms with E-state index in [9.17, 15) is 4.79 Å². The van der Waals surface area contributed by atoms with Crippen LogP contribution in [0.15, 0.2) is 36.4 Å². The maximum Gasteiger partial charge on any atom is 0.337 e. The van der Waals surface area contributed by atoms with Gasteiger partial charge in [0.15, 0.2) is 0 Å². The third-order valence-electron chi connectivity index (χ3n) is 5.08. The average Bonchev–Trinajstić information content (AvgIpc) is 3.46. The van der Waals surface area contributed by atoms with Crippen molar-refractivity contribution in [3.63, 3.8) is 0 Å². The molecule has 0 amide bonds. The maximum atomic E-state index is 11.6. The molecule has 4 nitrogen and oxygen atoms in total. The summed E-state index contributed by atoms with van der Waals surface area (Å²) >= 11 is 0. The zero-order valence-corrected chi connectivity index (χ0v) is 14.0. The Morgan fingerprint density at radius 3 is 2.42 bits per heavy atom. The van der Waals surface area contributed by atoms with E-state index in [4.69, 9.17) is 9.47 Å². The lowest BCUT2D eigenvalue weighted by Gasteiger charge is -2.32. The molecule has 4 rings (SSSR count). The van der Waals surface area contributed by atoms with Crippen LogP contribution in [0.3, 0.4) is 0 Å². The molecule has 126 valence electrons. The molecule has 0 aromatic heterocycles. The van der Waals surface area contributed by atoms with E-state index in [-0.39, 0.29) is 5.97 Å². The Labute approximate surface area is 142 Å². The molecule has 2 aromatic rings. The van der Waals surface area contributed by atoms with Gasteiger partial charge in [0, 0.05) is 19.1 Å². The smallest absolute Gasteiger partial charge is 0.337 e. The highest BCUT2D eigenvalue weighted by molar-refractivity contribution is 5.95. The average molecular weight is 325 g/mol. The van der Waals surface area contributed by atoms with E-state index in [0.29, 0.717) is 11.7 Å². The van der Waals surface area contributed by atoms with Gasteiger partial charge in [-0.3, -0.25) is 0 Å². The molecule has 2 aliphatic rings. The molecule has 1 saturated carbocycles. The molecule has 1 aliphatic heterocycles. The van der Waals surface area contributed by atoms with Crippen molar-refractivity contribution < 1.29 is 14.3 Å². The maximum absolute atomic E-state index is 11.6. The minimum absolute atomic E-state index is 0.306. The van der Waals surface area contributed by atoms with Crippen molar-refractivity contribution in [2.24, 2.45) is 0 Å². The highest BCUT2D eigenvalue weighted by Crippen LogP contribution is 2.31. The lowest BCUT2D eigenvalue weighted by Crippen LogP contribution is -2.39. The van der Waals surface area contributed by atoms with Gasteiger partial charge in [0.1, 0.15) is 11.9 Å². The minimum atomic E-state index is -0.306. The number of piperidine rings is 1. The summed E-state index contributed by atoms with van der Waals surface area (Å²) in [5, 5.41) is 2.10. The van der Waals surface area contributed by atoms with Gasteiger partial charge in [-0.1, -0.05) is 12.1 Å². The molecule has 0 atom stereocenters. The molecule has 0 radical (unpaired) electrons. The molecule has 4 heteroatoms. The van der Waals surface area contributed by atoms with Crippen LogP contribution in [0.4, 0.5) is 0 Å². The first-order valence-corrected chi connectivity index (χ1v) is 8.76. The molecule has 0 N–H and O–H groups in total. The molecule has 0 unspecified atom stereocenters. The second-order valence-electron chi connectivity index (χ2n) is 6.80. The summed E-state index contributed by atoms with van der Waals surface area (Å²) in [5.41, 5.74) is 0.575. The summed E-state index contributed by atoms with van der Waals surface area (Å²) in [5.74, 6) is 0.609. The van der Waals surface area contributed by atoms with Gasteiger partial charge in [-0.2, -0.15) is 0 Å². The van der Waals surface area contributed by atoms with Crippen molar-refractivity contribution in [1.29, 1.82) is 0 Å². The van der Waals surface area contributed by atoms with Crippen LogP contribution in [0.5, 0.6) is 5.75 Å². The van der Waals surface area contributed by atoms with Crippen molar-refractivity contribution in [1.82, 2.24) is 4.90 Å². The number of hydrogen-bond donors (Lipinski definition) is 0. The Balaban J connectivity index is 1.44. The number of carbonyl (C=O) groups is 1. The number of hydrogen-bond acceptors (Lipinski definition) is 4. The van der Waals surface area contributed by atoms with E-state index in [0.717, 1.165) is 48.5 Å². The van der Waals surface area contributed by atoms with Gasteiger partial charge in [0.25, 0.3) is 0 Å². The van der Waals surface area contributed by atoms with E-state index in [1.54, 1.807) is 6.07 Å². The summed E-state index contributed by atoms with van der Waals surface area (Å²) in [4.78, 5) is 14.2. The van der Waals surface area contributed by atoms with Gasteiger partial charge in [0.05, 0.1) is 12.7 Å². The SMILES string of the molecule is COC(=O)c1ccc2cc(OC3CCN(C4CC4)CC3)ccc2c1. The van der Waals surface area contributed by atoms with Crippen LogP contribution >= 0.6 is 0 Å². The van der Waals surface area contributed by atoms with Gasteiger partial charge in [0.2, 0.25) is 0 Å². The number of carbonyl (C=O) groups excluding carboxylic acids is 1. The number of benzene rings is 2. The van der Waals surface area contributed by atoms with Crippen LogP contribution in [0.2, 0.25) is 0 Å². The van der Waals surface area contributed by atoms with Crippen LogP contribution in [0.1, 0.15) is 36.0 Å². The second kappa shape index (κ2) is 6.44. The van der Waals surface area contributed by atoms with E-state index >= 15 is 0 Å². The zero-order chi connectivity index (χ0) is 16.5. The molecular weight excluding hydrogens is 302 g/mol. The van der Waals surface area contributed by atoms with Crippen molar-refractivity contribution >= 4 is 16.7 Å². The van der Waals surface area contributed by atoms with Crippen molar-refractivity contribution in [3.05, 3.63) is 42.0 Å². The highest BCUT2D eigenvalue weighted by Gasteiger charge is 2.32. The molecule has 0 bridgehead atoms. The van der Waals surface area contributed by atoms with Gasteiger partial charge < -0.3 is 14.4 Å². The standard InChI is InChI=1S/C20H23NO3/c1-23-20(22)16-3-2-15-13-19(7-4-14(15)12-16)24-18-8-10-21(11-9-18)17-5-6-17/h2-4,7,12-13,17-18H,5-6,8-11H2,1H3. The Hall–Kier alpha value is -2.07. The second-order valence-corrected chi connectivity index (χ2v) is 6.80. The van der Waals surface area contributed by atoms with Gasteiger partial charge in [-0.25, -0.2) is 4.79 Å². The number of nitrogens with zero attached hydrogens (tertiary/aromatic N) is 1. The summed E-state index contributed by atoms with van der Waals surface area (Å²) in [6.07, 6.45) is 5.28. The number of ether oxygens (including phenoxy) is 2. The summed E-state index contributed by atoms with van der Waals surface area (Å²) < 4.78 is 11.0. The molecule has 0 spiro atoms. The Morgan fingerprint density at radius 1 is 1.00 bits per heavy atom. The third-order valence-corrected chi connectivity index (χ3v) is 5.08. The Kier molecular flexibility index (Phi) is 4.15. The van der Waals surface area contributed by atoms with Crippen LogP contribution in [0.25, 0.3) is 10.8 Å². The van der Waals surface area contributed by atoms with Gasteiger partial charge in [-0.15, -0.1) is 0 Å². The predicted molar refractivity (Wildman–Crippen MR) is 93.5 cm³/mol. The molecule has 2 aromatic carbocycles. The first-order valence-electron chi connectivity index (χ1n) is 8.76. The fraction of sp³-hybridized carbons (Fsp3) is 0.450. The van der Waals surface area contributed by atoms with Crippen molar-refractivity contribution in [3.8, 4) is 5.75 Å². The van der Waals surface area contributed by atoms with E-state index in [1.807, 2.05) is 24.3 Å². The Morgan fingerprint density at radius 2 is 1.71 bits per heavy atom. The lowest BCUT2D eigenvalue weighted by molar-refractivity contribution is 0.0601. The monoisotopic (exact) mass is 325 g/mol. The summed E-state index contributed by atoms with van der Waals surface area (Å²) in [6, 6.07) is 12.5. The van der Waals surface area contributed by atoms with Gasteiger partial charge >= 0.3 is 5.97 Å². The van der Waals surface area contributed by atoms with Gasteiger partial charge in [-0.05, 0) is 60.7 Å². The van der Waals surface area contributed by atoms with E-state index in [1.165, 1.54) is 20.0 Å². The first kappa shape index (κ1) is 15.5. The number of esters is 1.